The van der Waals surface area contributed by atoms with Crippen LogP contribution in [0.2, 0.25) is 0 Å². The molecule has 0 amide bonds. The molecule has 1 aromatic heterocycles. The average molecular weight is 246 g/mol. The topological polar surface area (TPSA) is 71.5 Å². The van der Waals surface area contributed by atoms with Crippen LogP contribution in [-0.4, -0.2) is 25.2 Å². The van der Waals surface area contributed by atoms with Crippen molar-refractivity contribution in [1.29, 1.82) is 0 Å². The Morgan fingerprint density at radius 3 is 2.50 bits per heavy atom. The minimum Gasteiger partial charge on any atom is -0.543 e. The van der Waals surface area contributed by atoms with Gasteiger partial charge in [-0.1, -0.05) is 0 Å². The number of hydrogen-bond donors (Lipinski definition) is 0. The minimum absolute atomic E-state index is 0.146. The van der Waals surface area contributed by atoms with Crippen LogP contribution in [0.3, 0.4) is 0 Å². The third kappa shape index (κ3) is 1.95. The first-order chi connectivity index (χ1) is 8.56. The Bertz CT molecular complexity index is 622. The predicted octanol–water partition coefficient (Wildman–Crippen LogP) is 0.924. The zero-order valence-electron chi connectivity index (χ0n) is 10.3. The van der Waals surface area contributed by atoms with Gasteiger partial charge in [-0.3, -0.25) is 0 Å². The lowest BCUT2D eigenvalue weighted by Crippen LogP contribution is -2.23. The van der Waals surface area contributed by atoms with Crippen LogP contribution < -0.4 is 14.6 Å². The molecule has 2 rings (SSSR count). The van der Waals surface area contributed by atoms with Gasteiger partial charge in [0.05, 0.1) is 31.4 Å². The Kier molecular flexibility index (Phi) is 3.06. The number of hydrogen-bond acceptors (Lipinski definition) is 5. The fraction of sp³-hybridized carbons (Fsp3) is 0.231. The Morgan fingerprint density at radius 2 is 1.94 bits per heavy atom. The van der Waals surface area contributed by atoms with Crippen molar-refractivity contribution in [2.45, 2.75) is 6.92 Å². The third-order valence-corrected chi connectivity index (χ3v) is 2.70. The van der Waals surface area contributed by atoms with E-state index in [0.717, 1.165) is 5.56 Å². The highest BCUT2D eigenvalue weighted by atomic mass is 16.5. The largest absolute Gasteiger partial charge is 0.543 e. The van der Waals surface area contributed by atoms with E-state index in [1.54, 1.807) is 19.2 Å². The van der Waals surface area contributed by atoms with Gasteiger partial charge >= 0.3 is 0 Å². The molecule has 5 heteroatoms. The molecule has 1 heterocycles. The molecule has 0 aliphatic heterocycles. The summed E-state index contributed by atoms with van der Waals surface area (Å²) in [7, 11) is 3.04. The molecule has 1 aromatic carbocycles. The van der Waals surface area contributed by atoms with E-state index in [2.05, 4.69) is 4.98 Å². The first-order valence-electron chi connectivity index (χ1n) is 5.31. The van der Waals surface area contributed by atoms with Crippen molar-refractivity contribution in [3.05, 3.63) is 29.5 Å². The zero-order valence-corrected chi connectivity index (χ0v) is 10.3. The van der Waals surface area contributed by atoms with Crippen molar-refractivity contribution in [3.63, 3.8) is 0 Å². The first kappa shape index (κ1) is 12.2. The number of benzene rings is 1. The van der Waals surface area contributed by atoms with Crippen LogP contribution in [0.4, 0.5) is 0 Å². The molecule has 0 spiro atoms. The van der Waals surface area contributed by atoms with Crippen LogP contribution in [0.25, 0.3) is 10.9 Å². The maximum absolute atomic E-state index is 10.9. The molecule has 0 atom stereocenters. The van der Waals surface area contributed by atoms with Crippen molar-refractivity contribution in [2.75, 3.05) is 14.2 Å². The van der Waals surface area contributed by atoms with Gasteiger partial charge in [-0.05, 0) is 24.6 Å². The van der Waals surface area contributed by atoms with Gasteiger partial charge < -0.3 is 19.4 Å². The Labute approximate surface area is 104 Å². The summed E-state index contributed by atoms with van der Waals surface area (Å²) < 4.78 is 10.4. The zero-order chi connectivity index (χ0) is 13.3. The van der Waals surface area contributed by atoms with Gasteiger partial charge in [0.2, 0.25) is 0 Å². The molecule has 0 bridgehead atoms. The van der Waals surface area contributed by atoms with Gasteiger partial charge in [-0.2, -0.15) is 0 Å². The van der Waals surface area contributed by atoms with E-state index < -0.39 is 5.97 Å². The van der Waals surface area contributed by atoms with E-state index in [-0.39, 0.29) is 5.69 Å². The fourth-order valence-electron chi connectivity index (χ4n) is 1.83. The van der Waals surface area contributed by atoms with Crippen molar-refractivity contribution >= 4 is 16.9 Å². The van der Waals surface area contributed by atoms with Gasteiger partial charge in [-0.15, -0.1) is 0 Å². The van der Waals surface area contributed by atoms with E-state index >= 15 is 0 Å². The maximum atomic E-state index is 10.9. The van der Waals surface area contributed by atoms with Crippen molar-refractivity contribution in [3.8, 4) is 11.5 Å². The maximum Gasteiger partial charge on any atom is 0.130 e. The number of carbonyl (C=O) groups excluding carboxylic acids is 1. The van der Waals surface area contributed by atoms with Crippen molar-refractivity contribution in [1.82, 2.24) is 4.98 Å². The van der Waals surface area contributed by atoms with Crippen LogP contribution >= 0.6 is 0 Å². The summed E-state index contributed by atoms with van der Waals surface area (Å²) in [6, 6.07) is 4.89. The van der Waals surface area contributed by atoms with Crippen LogP contribution in [0.15, 0.2) is 18.2 Å². The average Bonchev–Trinajstić information content (AvgIpc) is 2.37. The van der Waals surface area contributed by atoms with E-state index in [1.165, 1.54) is 13.2 Å². The van der Waals surface area contributed by atoms with Crippen LogP contribution in [0.5, 0.6) is 11.5 Å². The molecular formula is C13H12NO4-. The van der Waals surface area contributed by atoms with Crippen molar-refractivity contribution in [2.24, 2.45) is 0 Å². The quantitative estimate of drug-likeness (QED) is 0.805. The Hall–Kier alpha value is -2.30. The highest BCUT2D eigenvalue weighted by Gasteiger charge is 2.11. The molecule has 0 aliphatic carbocycles. The van der Waals surface area contributed by atoms with Crippen LogP contribution in [-0.2, 0) is 0 Å². The SMILES string of the molecule is COc1cc(C)c2nc(C(=O)[O-])cc(OC)c2c1. The number of aryl methyl sites for hydroxylation is 1. The van der Waals surface area contributed by atoms with Gasteiger partial charge in [0.15, 0.2) is 0 Å². The summed E-state index contributed by atoms with van der Waals surface area (Å²) in [6.07, 6.45) is 0. The van der Waals surface area contributed by atoms with Gasteiger partial charge in [0.25, 0.3) is 0 Å². The molecular weight excluding hydrogens is 234 g/mol. The Balaban J connectivity index is 2.82. The van der Waals surface area contributed by atoms with Gasteiger partial charge in [-0.25, -0.2) is 4.98 Å². The van der Waals surface area contributed by atoms with Gasteiger partial charge in [0, 0.05) is 11.5 Å². The summed E-state index contributed by atoms with van der Waals surface area (Å²) in [5, 5.41) is 11.6. The summed E-state index contributed by atoms with van der Waals surface area (Å²) in [4.78, 5) is 15.0. The molecule has 0 N–H and O–H groups in total. The highest BCUT2D eigenvalue weighted by Crippen LogP contribution is 2.31. The minimum atomic E-state index is -1.33. The molecule has 2 aromatic rings. The van der Waals surface area contributed by atoms with Gasteiger partial charge in [0.1, 0.15) is 11.5 Å². The second-order valence-electron chi connectivity index (χ2n) is 3.84. The summed E-state index contributed by atoms with van der Waals surface area (Å²) in [6.45, 7) is 1.83. The lowest BCUT2D eigenvalue weighted by Gasteiger charge is -2.12. The highest BCUT2D eigenvalue weighted by molar-refractivity contribution is 5.94. The normalized spacial score (nSPS) is 10.4. The molecule has 0 fully saturated rings. The molecule has 0 saturated heterocycles. The summed E-state index contributed by atoms with van der Waals surface area (Å²) in [5.41, 5.74) is 1.23. The number of methoxy groups -OCH3 is 2. The molecule has 0 unspecified atom stereocenters. The first-order valence-corrected chi connectivity index (χ1v) is 5.31. The molecule has 0 radical (unpaired) electrons. The number of carbonyl (C=O) groups is 1. The number of carboxylic acids is 1. The second-order valence-corrected chi connectivity index (χ2v) is 3.84. The predicted molar refractivity (Wildman–Crippen MR) is 63.9 cm³/mol. The lowest BCUT2D eigenvalue weighted by atomic mass is 10.1. The number of fused-ring (bicyclic) bond motifs is 1. The smallest absolute Gasteiger partial charge is 0.130 e. The molecule has 5 nitrogen and oxygen atoms in total. The number of aromatic carboxylic acids is 1. The molecule has 0 aliphatic rings. The number of aromatic nitrogens is 1. The lowest BCUT2D eigenvalue weighted by molar-refractivity contribution is -0.255. The van der Waals surface area contributed by atoms with E-state index in [9.17, 15) is 9.90 Å². The summed E-state index contributed by atoms with van der Waals surface area (Å²) >= 11 is 0. The molecule has 18 heavy (non-hydrogen) atoms. The fourth-order valence-corrected chi connectivity index (χ4v) is 1.83. The molecule has 0 saturated carbocycles. The number of pyridine rings is 1. The van der Waals surface area contributed by atoms with Crippen LogP contribution in [0.1, 0.15) is 16.1 Å². The van der Waals surface area contributed by atoms with Crippen LogP contribution in [0, 0.1) is 6.92 Å². The monoisotopic (exact) mass is 246 g/mol. The van der Waals surface area contributed by atoms with E-state index in [0.29, 0.717) is 22.4 Å². The Morgan fingerprint density at radius 1 is 1.22 bits per heavy atom. The number of carboxylic acid groups (broad SMARTS) is 1. The number of nitrogens with zero attached hydrogens (tertiary/aromatic N) is 1. The summed E-state index contributed by atoms with van der Waals surface area (Å²) in [5.74, 6) is -0.229. The standard InChI is InChI=1S/C13H13NO4/c1-7-4-8(17-2)5-9-11(18-3)6-10(13(15)16)14-12(7)9/h4-6H,1-3H3,(H,15,16)/p-1. The van der Waals surface area contributed by atoms with E-state index in [1.807, 2.05) is 6.92 Å². The van der Waals surface area contributed by atoms with E-state index in [4.69, 9.17) is 9.47 Å². The number of rotatable bonds is 3. The third-order valence-electron chi connectivity index (χ3n) is 2.70. The van der Waals surface area contributed by atoms with Crippen molar-refractivity contribution < 1.29 is 19.4 Å². The number of ether oxygens (including phenoxy) is 2. The second kappa shape index (κ2) is 4.52. The molecule has 94 valence electrons.